The zero-order chi connectivity index (χ0) is 22.9. The van der Waals surface area contributed by atoms with Crippen LogP contribution in [-0.4, -0.2) is 40.1 Å². The Balaban J connectivity index is 1.90. The van der Waals surface area contributed by atoms with E-state index in [1.54, 1.807) is 6.20 Å². The summed E-state index contributed by atoms with van der Waals surface area (Å²) in [5, 5.41) is 24.9. The second kappa shape index (κ2) is 11.2. The van der Waals surface area contributed by atoms with Gasteiger partial charge < -0.3 is 15.6 Å². The van der Waals surface area contributed by atoms with Crippen molar-refractivity contribution in [1.29, 1.82) is 0 Å². The quantitative estimate of drug-likeness (QED) is 0.273. The number of aliphatic hydroxyl groups is 1. The number of pyridine rings is 1. The molecule has 0 aliphatic rings. The van der Waals surface area contributed by atoms with Crippen molar-refractivity contribution in [2.75, 3.05) is 13.2 Å². The fourth-order valence-electron chi connectivity index (χ4n) is 3.83. The number of carbonyl (C=O) groups is 1. The van der Waals surface area contributed by atoms with E-state index in [0.717, 1.165) is 33.5 Å². The SMILES string of the molecule is Cc1cc(/C(CC(c2ccc(CC(=O)NCCO)cc2)c2ccccc2C)=N\O)ccn1. The lowest BCUT2D eigenvalue weighted by Crippen LogP contribution is -2.27. The molecule has 0 aliphatic carbocycles. The maximum atomic E-state index is 12.0. The summed E-state index contributed by atoms with van der Waals surface area (Å²) in [5.41, 5.74) is 6.59. The Morgan fingerprint density at radius 2 is 1.84 bits per heavy atom. The smallest absolute Gasteiger partial charge is 0.224 e. The van der Waals surface area contributed by atoms with Crippen LogP contribution in [0.2, 0.25) is 0 Å². The van der Waals surface area contributed by atoms with Gasteiger partial charge in [-0.15, -0.1) is 0 Å². The number of benzene rings is 2. The molecule has 1 unspecified atom stereocenters. The number of aromatic nitrogens is 1. The van der Waals surface area contributed by atoms with E-state index in [1.807, 2.05) is 55.5 Å². The Morgan fingerprint density at radius 3 is 2.50 bits per heavy atom. The molecule has 0 fully saturated rings. The first kappa shape index (κ1) is 23.2. The lowest BCUT2D eigenvalue weighted by molar-refractivity contribution is -0.120. The van der Waals surface area contributed by atoms with Gasteiger partial charge in [0.15, 0.2) is 0 Å². The topological polar surface area (TPSA) is 94.8 Å². The first-order chi connectivity index (χ1) is 15.5. The molecule has 0 radical (unpaired) electrons. The summed E-state index contributed by atoms with van der Waals surface area (Å²) in [6.07, 6.45) is 2.49. The van der Waals surface area contributed by atoms with Crippen molar-refractivity contribution in [3.63, 3.8) is 0 Å². The Bertz CT molecular complexity index is 1080. The van der Waals surface area contributed by atoms with Gasteiger partial charge in [0.05, 0.1) is 18.7 Å². The van der Waals surface area contributed by atoms with Crippen LogP contribution in [0.3, 0.4) is 0 Å². The molecule has 0 aliphatic heterocycles. The number of hydrogen-bond acceptors (Lipinski definition) is 5. The molecule has 6 heteroatoms. The van der Waals surface area contributed by atoms with Gasteiger partial charge in [-0.05, 0) is 48.2 Å². The van der Waals surface area contributed by atoms with Crippen molar-refractivity contribution in [2.45, 2.75) is 32.6 Å². The largest absolute Gasteiger partial charge is 0.411 e. The van der Waals surface area contributed by atoms with Crippen molar-refractivity contribution in [3.05, 3.63) is 100 Å². The van der Waals surface area contributed by atoms with Crippen LogP contribution in [0.25, 0.3) is 0 Å². The minimum Gasteiger partial charge on any atom is -0.411 e. The van der Waals surface area contributed by atoms with E-state index in [2.05, 4.69) is 34.5 Å². The molecule has 3 rings (SSSR count). The average Bonchev–Trinajstić information content (AvgIpc) is 2.80. The summed E-state index contributed by atoms with van der Waals surface area (Å²) >= 11 is 0. The molecule has 0 bridgehead atoms. The standard InChI is InChI=1S/C26H29N3O3/c1-18-5-3-4-6-23(18)24(17-25(29-32)22-11-12-27-19(2)15-22)21-9-7-20(8-10-21)16-26(31)28-13-14-30/h3-12,15,24,30,32H,13-14,16-17H2,1-2H3,(H,28,31)/b29-25-. The molecule has 6 nitrogen and oxygen atoms in total. The summed E-state index contributed by atoms with van der Waals surface area (Å²) in [7, 11) is 0. The predicted molar refractivity (Wildman–Crippen MR) is 125 cm³/mol. The second-order valence-electron chi connectivity index (χ2n) is 7.84. The zero-order valence-electron chi connectivity index (χ0n) is 18.5. The van der Waals surface area contributed by atoms with Gasteiger partial charge in [0.1, 0.15) is 0 Å². The number of nitrogens with one attached hydrogen (secondary N) is 1. The highest BCUT2D eigenvalue weighted by Crippen LogP contribution is 2.32. The highest BCUT2D eigenvalue weighted by atomic mass is 16.4. The Morgan fingerprint density at radius 1 is 1.09 bits per heavy atom. The van der Waals surface area contributed by atoms with Crippen LogP contribution in [0.1, 0.15) is 45.8 Å². The van der Waals surface area contributed by atoms with E-state index in [9.17, 15) is 10.0 Å². The molecule has 1 heterocycles. The Kier molecular flexibility index (Phi) is 8.11. The second-order valence-corrected chi connectivity index (χ2v) is 7.84. The van der Waals surface area contributed by atoms with Gasteiger partial charge in [0.2, 0.25) is 5.91 Å². The van der Waals surface area contributed by atoms with Gasteiger partial charge in [0.25, 0.3) is 0 Å². The predicted octanol–water partition coefficient (Wildman–Crippen LogP) is 3.75. The van der Waals surface area contributed by atoms with E-state index in [1.165, 1.54) is 0 Å². The molecule has 1 aromatic heterocycles. The molecule has 0 saturated heterocycles. The van der Waals surface area contributed by atoms with Crippen molar-refractivity contribution < 1.29 is 15.1 Å². The third-order valence-corrected chi connectivity index (χ3v) is 5.49. The number of carbonyl (C=O) groups excluding carboxylic acids is 1. The molecule has 2 aromatic carbocycles. The normalized spacial score (nSPS) is 12.4. The highest BCUT2D eigenvalue weighted by Gasteiger charge is 2.20. The first-order valence-corrected chi connectivity index (χ1v) is 10.7. The van der Waals surface area contributed by atoms with Gasteiger partial charge >= 0.3 is 0 Å². The van der Waals surface area contributed by atoms with E-state index in [0.29, 0.717) is 12.1 Å². The summed E-state index contributed by atoms with van der Waals surface area (Å²) < 4.78 is 0. The number of hydrogen-bond donors (Lipinski definition) is 3. The van der Waals surface area contributed by atoms with Crippen molar-refractivity contribution in [1.82, 2.24) is 10.3 Å². The summed E-state index contributed by atoms with van der Waals surface area (Å²) in [6, 6.07) is 19.9. The van der Waals surface area contributed by atoms with Crippen molar-refractivity contribution in [3.8, 4) is 0 Å². The fourth-order valence-corrected chi connectivity index (χ4v) is 3.83. The van der Waals surface area contributed by atoms with Crippen LogP contribution in [0, 0.1) is 13.8 Å². The lowest BCUT2D eigenvalue weighted by Gasteiger charge is -2.21. The number of oxime groups is 1. The van der Waals surface area contributed by atoms with Crippen LogP contribution in [0.15, 0.2) is 72.0 Å². The number of aliphatic hydroxyl groups excluding tert-OH is 1. The molecule has 32 heavy (non-hydrogen) atoms. The van der Waals surface area contributed by atoms with Crippen LogP contribution in [0.4, 0.5) is 0 Å². The van der Waals surface area contributed by atoms with E-state index >= 15 is 0 Å². The third-order valence-electron chi connectivity index (χ3n) is 5.49. The van der Waals surface area contributed by atoms with Crippen LogP contribution < -0.4 is 5.32 Å². The van der Waals surface area contributed by atoms with Crippen LogP contribution >= 0.6 is 0 Å². The summed E-state index contributed by atoms with van der Waals surface area (Å²) in [5.74, 6) is -0.141. The lowest BCUT2D eigenvalue weighted by atomic mass is 9.83. The van der Waals surface area contributed by atoms with Crippen LogP contribution in [0.5, 0.6) is 0 Å². The van der Waals surface area contributed by atoms with Crippen molar-refractivity contribution in [2.24, 2.45) is 5.16 Å². The highest BCUT2D eigenvalue weighted by molar-refractivity contribution is 6.01. The van der Waals surface area contributed by atoms with Gasteiger partial charge in [0, 0.05) is 36.3 Å². The van der Waals surface area contributed by atoms with E-state index in [4.69, 9.17) is 5.11 Å². The monoisotopic (exact) mass is 431 g/mol. The summed E-state index contributed by atoms with van der Waals surface area (Å²) in [4.78, 5) is 16.2. The van der Waals surface area contributed by atoms with Gasteiger partial charge in [-0.1, -0.05) is 53.7 Å². The molecule has 0 saturated carbocycles. The molecular weight excluding hydrogens is 402 g/mol. The number of aryl methyl sites for hydroxylation is 2. The zero-order valence-corrected chi connectivity index (χ0v) is 18.5. The Labute approximate surface area is 188 Å². The van der Waals surface area contributed by atoms with Crippen molar-refractivity contribution >= 4 is 11.6 Å². The molecular formula is C26H29N3O3. The van der Waals surface area contributed by atoms with Crippen LogP contribution in [-0.2, 0) is 11.2 Å². The van der Waals surface area contributed by atoms with Gasteiger partial charge in [-0.25, -0.2) is 0 Å². The maximum Gasteiger partial charge on any atom is 0.224 e. The minimum absolute atomic E-state index is 0.0205. The maximum absolute atomic E-state index is 12.0. The number of amides is 1. The van der Waals surface area contributed by atoms with E-state index in [-0.39, 0.29) is 31.4 Å². The number of rotatable bonds is 9. The fraction of sp³-hybridized carbons (Fsp3) is 0.269. The molecule has 166 valence electrons. The average molecular weight is 432 g/mol. The van der Waals surface area contributed by atoms with Gasteiger partial charge in [-0.2, -0.15) is 0 Å². The molecule has 0 spiro atoms. The van der Waals surface area contributed by atoms with E-state index < -0.39 is 0 Å². The molecule has 3 aromatic rings. The van der Waals surface area contributed by atoms with Gasteiger partial charge in [-0.3, -0.25) is 9.78 Å². The Hall–Kier alpha value is -3.51. The molecule has 3 N–H and O–H groups in total. The molecule has 1 amide bonds. The summed E-state index contributed by atoms with van der Waals surface area (Å²) in [6.45, 7) is 4.17. The minimum atomic E-state index is -0.120. The molecule has 1 atom stereocenters. The third kappa shape index (κ3) is 6.02. The number of nitrogens with zero attached hydrogens (tertiary/aromatic N) is 2. The first-order valence-electron chi connectivity index (χ1n) is 10.7.